The first kappa shape index (κ1) is 28.4. The van der Waals surface area contributed by atoms with Crippen LogP contribution in [0.25, 0.3) is 0 Å². The van der Waals surface area contributed by atoms with Crippen LogP contribution in [0.3, 0.4) is 0 Å². The summed E-state index contributed by atoms with van der Waals surface area (Å²) in [5.41, 5.74) is -0.654. The number of carbonyl (C=O) groups excluding carboxylic acids is 1. The fourth-order valence-electron chi connectivity index (χ4n) is 5.34. The standard InChI is InChI=1S/C28H35F3N2OS.CH4/c1-21-4-9-25(10-5-21)32-17-14-22(15-18-32)8-13-27(34)33-16-2-3-24(20-33)19-23-6-11-26(12-7-23)35-28(29,30)31;/h4-7,9-12,22,24H,2-3,8,13-20H2,1H3;1H4/t24-;/m1./s1. The Morgan fingerprint density at radius 1 is 0.944 bits per heavy atom. The zero-order valence-corrected chi connectivity index (χ0v) is 21.2. The SMILES string of the molecule is C.Cc1ccc(N2CCC(CCC(=O)N3CCC[C@H](Cc4ccc(SC(F)(F)F)cc4)C3)CC2)cc1. The fourth-order valence-corrected chi connectivity index (χ4v) is 5.88. The van der Waals surface area contributed by atoms with Crippen molar-refractivity contribution in [1.82, 2.24) is 4.90 Å². The van der Waals surface area contributed by atoms with Crippen molar-refractivity contribution in [3.63, 3.8) is 0 Å². The van der Waals surface area contributed by atoms with Crippen LogP contribution >= 0.6 is 11.8 Å². The van der Waals surface area contributed by atoms with Gasteiger partial charge < -0.3 is 9.80 Å². The van der Waals surface area contributed by atoms with E-state index in [1.165, 1.54) is 11.3 Å². The molecule has 2 aromatic carbocycles. The molecule has 0 spiro atoms. The number of aryl methyl sites for hydroxylation is 1. The van der Waals surface area contributed by atoms with Gasteiger partial charge in [-0.25, -0.2) is 0 Å². The Labute approximate surface area is 218 Å². The maximum absolute atomic E-state index is 12.9. The van der Waals surface area contributed by atoms with E-state index in [2.05, 4.69) is 36.1 Å². The number of amides is 1. The molecule has 2 heterocycles. The van der Waals surface area contributed by atoms with E-state index in [1.807, 2.05) is 4.90 Å². The molecule has 4 rings (SSSR count). The van der Waals surface area contributed by atoms with Crippen LogP contribution in [0.4, 0.5) is 18.9 Å². The van der Waals surface area contributed by atoms with E-state index < -0.39 is 5.51 Å². The van der Waals surface area contributed by atoms with Crippen LogP contribution in [-0.4, -0.2) is 42.5 Å². The van der Waals surface area contributed by atoms with Gasteiger partial charge in [-0.3, -0.25) is 4.79 Å². The van der Waals surface area contributed by atoms with Crippen LogP contribution in [0.2, 0.25) is 0 Å². The molecule has 0 radical (unpaired) electrons. The lowest BCUT2D eigenvalue weighted by Gasteiger charge is -2.35. The number of thioether (sulfide) groups is 1. The van der Waals surface area contributed by atoms with Crippen molar-refractivity contribution in [3.8, 4) is 0 Å². The van der Waals surface area contributed by atoms with Crippen LogP contribution in [0, 0.1) is 18.8 Å². The largest absolute Gasteiger partial charge is 0.446 e. The number of piperidine rings is 2. The number of hydrogen-bond acceptors (Lipinski definition) is 3. The van der Waals surface area contributed by atoms with Crippen molar-refractivity contribution >= 4 is 23.4 Å². The first-order valence-corrected chi connectivity index (χ1v) is 13.5. The average Bonchev–Trinajstić information content (AvgIpc) is 2.84. The number of hydrogen-bond donors (Lipinski definition) is 0. The third kappa shape index (κ3) is 8.46. The van der Waals surface area contributed by atoms with Gasteiger partial charge in [0.05, 0.1) is 0 Å². The smallest absolute Gasteiger partial charge is 0.372 e. The molecule has 0 bridgehead atoms. The topological polar surface area (TPSA) is 23.6 Å². The summed E-state index contributed by atoms with van der Waals surface area (Å²) in [7, 11) is 0. The second-order valence-corrected chi connectivity index (χ2v) is 11.2. The predicted molar refractivity (Wildman–Crippen MR) is 143 cm³/mol. The van der Waals surface area contributed by atoms with E-state index in [9.17, 15) is 18.0 Å². The van der Waals surface area contributed by atoms with Crippen molar-refractivity contribution < 1.29 is 18.0 Å². The Balaban J connectivity index is 0.00000361. The first-order chi connectivity index (χ1) is 16.7. The molecule has 2 aromatic rings. The summed E-state index contributed by atoms with van der Waals surface area (Å²) in [6.07, 6.45) is 6.69. The second-order valence-electron chi connectivity index (χ2n) is 10.0. The molecular formula is C29H39F3N2OS. The van der Waals surface area contributed by atoms with Crippen LogP contribution in [0.15, 0.2) is 53.4 Å². The number of likely N-dealkylation sites (tertiary alicyclic amines) is 1. The summed E-state index contributed by atoms with van der Waals surface area (Å²) in [6.45, 7) is 5.78. The number of benzene rings is 2. The van der Waals surface area contributed by atoms with Gasteiger partial charge in [0, 0.05) is 43.2 Å². The molecule has 2 fully saturated rings. The van der Waals surface area contributed by atoms with E-state index in [4.69, 9.17) is 0 Å². The Bertz CT molecular complexity index is 954. The number of nitrogens with zero attached hydrogens (tertiary/aromatic N) is 2. The summed E-state index contributed by atoms with van der Waals surface area (Å²) in [4.78, 5) is 17.6. The first-order valence-electron chi connectivity index (χ1n) is 12.7. The summed E-state index contributed by atoms with van der Waals surface area (Å²) < 4.78 is 37.6. The highest BCUT2D eigenvalue weighted by Gasteiger charge is 2.29. The van der Waals surface area contributed by atoms with E-state index in [-0.39, 0.29) is 30.0 Å². The van der Waals surface area contributed by atoms with Gasteiger partial charge in [0.25, 0.3) is 0 Å². The van der Waals surface area contributed by atoms with Gasteiger partial charge in [0.1, 0.15) is 0 Å². The van der Waals surface area contributed by atoms with Crippen molar-refractivity contribution in [3.05, 3.63) is 59.7 Å². The Kier molecular flexibility index (Phi) is 10.2. The molecule has 2 saturated heterocycles. The number of carbonyl (C=O) groups is 1. The lowest BCUT2D eigenvalue weighted by atomic mass is 9.89. The zero-order valence-electron chi connectivity index (χ0n) is 20.4. The molecule has 1 atom stereocenters. The minimum absolute atomic E-state index is 0. The molecule has 0 saturated carbocycles. The fraction of sp³-hybridized carbons (Fsp3) is 0.552. The van der Waals surface area contributed by atoms with Crippen molar-refractivity contribution in [2.24, 2.45) is 11.8 Å². The van der Waals surface area contributed by atoms with Crippen LogP contribution < -0.4 is 4.90 Å². The lowest BCUT2D eigenvalue weighted by molar-refractivity contribution is -0.133. The molecule has 198 valence electrons. The molecule has 2 aliphatic heterocycles. The molecular weight excluding hydrogens is 481 g/mol. The van der Waals surface area contributed by atoms with Gasteiger partial charge in [-0.2, -0.15) is 13.2 Å². The Hall–Kier alpha value is -2.15. The molecule has 0 unspecified atom stereocenters. The van der Waals surface area contributed by atoms with Gasteiger partial charge >= 0.3 is 5.51 Å². The number of halogens is 3. The van der Waals surface area contributed by atoms with Gasteiger partial charge in [0.15, 0.2) is 0 Å². The van der Waals surface area contributed by atoms with Gasteiger partial charge in [0.2, 0.25) is 5.91 Å². The summed E-state index contributed by atoms with van der Waals surface area (Å²) in [5, 5.41) is 0. The summed E-state index contributed by atoms with van der Waals surface area (Å²) in [5.74, 6) is 1.23. The molecule has 0 aromatic heterocycles. The number of anilines is 1. The third-order valence-electron chi connectivity index (χ3n) is 7.33. The zero-order chi connectivity index (χ0) is 24.8. The van der Waals surface area contributed by atoms with E-state index in [1.54, 1.807) is 24.3 Å². The Morgan fingerprint density at radius 3 is 2.25 bits per heavy atom. The van der Waals surface area contributed by atoms with Gasteiger partial charge in [-0.1, -0.05) is 37.3 Å². The normalized spacial score (nSPS) is 19.2. The highest BCUT2D eigenvalue weighted by molar-refractivity contribution is 8.00. The van der Waals surface area contributed by atoms with Crippen LogP contribution in [0.1, 0.15) is 57.1 Å². The highest BCUT2D eigenvalue weighted by Crippen LogP contribution is 2.37. The molecule has 0 aliphatic carbocycles. The minimum Gasteiger partial charge on any atom is -0.372 e. The summed E-state index contributed by atoms with van der Waals surface area (Å²) >= 11 is -0.0793. The number of rotatable bonds is 7. The van der Waals surface area contributed by atoms with E-state index in [0.717, 1.165) is 70.3 Å². The van der Waals surface area contributed by atoms with Gasteiger partial charge in [-0.15, -0.1) is 0 Å². The Morgan fingerprint density at radius 2 is 1.61 bits per heavy atom. The van der Waals surface area contributed by atoms with E-state index in [0.29, 0.717) is 18.3 Å². The van der Waals surface area contributed by atoms with Crippen LogP contribution in [-0.2, 0) is 11.2 Å². The van der Waals surface area contributed by atoms with Crippen molar-refractivity contribution in [2.45, 2.75) is 69.7 Å². The summed E-state index contributed by atoms with van der Waals surface area (Å²) in [6, 6.07) is 15.4. The average molecular weight is 521 g/mol. The third-order valence-corrected chi connectivity index (χ3v) is 8.07. The molecule has 7 heteroatoms. The molecule has 1 amide bonds. The quantitative estimate of drug-likeness (QED) is 0.349. The molecule has 0 N–H and O–H groups in total. The predicted octanol–water partition coefficient (Wildman–Crippen LogP) is 7.72. The van der Waals surface area contributed by atoms with Gasteiger partial charge in [-0.05, 0) is 98.9 Å². The molecule has 36 heavy (non-hydrogen) atoms. The molecule has 3 nitrogen and oxygen atoms in total. The van der Waals surface area contributed by atoms with Crippen LogP contribution in [0.5, 0.6) is 0 Å². The maximum atomic E-state index is 12.9. The van der Waals surface area contributed by atoms with E-state index >= 15 is 0 Å². The monoisotopic (exact) mass is 520 g/mol. The lowest BCUT2D eigenvalue weighted by Crippen LogP contribution is -2.41. The second kappa shape index (κ2) is 12.9. The van der Waals surface area contributed by atoms with Crippen molar-refractivity contribution in [1.29, 1.82) is 0 Å². The highest BCUT2D eigenvalue weighted by atomic mass is 32.2. The number of alkyl halides is 3. The molecule has 2 aliphatic rings. The maximum Gasteiger partial charge on any atom is 0.446 e. The minimum atomic E-state index is -4.26. The van der Waals surface area contributed by atoms with Crippen molar-refractivity contribution in [2.75, 3.05) is 31.1 Å².